The molecule has 5 nitrogen and oxygen atoms in total. The lowest BCUT2D eigenvalue weighted by Crippen LogP contribution is -2.10. The quantitative estimate of drug-likeness (QED) is 0.297. The maximum absolute atomic E-state index is 11.8. The van der Waals surface area contributed by atoms with Crippen molar-refractivity contribution >= 4 is 40.7 Å². The number of hydrogen-bond donors (Lipinski definition) is 1. The summed E-state index contributed by atoms with van der Waals surface area (Å²) in [7, 11) is 1.05. The van der Waals surface area contributed by atoms with E-state index < -0.39 is 29.7 Å². The van der Waals surface area contributed by atoms with E-state index in [2.05, 4.69) is 4.74 Å². The van der Waals surface area contributed by atoms with Crippen LogP contribution in [0.3, 0.4) is 0 Å². The average Bonchev–Trinajstić information content (AvgIpc) is 2.37. The first-order valence-corrected chi connectivity index (χ1v) is 6.10. The molecule has 0 fully saturated rings. The summed E-state index contributed by atoms with van der Waals surface area (Å²) in [6, 6.07) is 4.24. The molecular formula is C13H10Cl2O5. The topological polar surface area (TPSA) is 80.7 Å². The lowest BCUT2D eigenvalue weighted by molar-refractivity contribution is -0.139. The van der Waals surface area contributed by atoms with E-state index >= 15 is 0 Å². The van der Waals surface area contributed by atoms with E-state index in [0.717, 1.165) is 7.11 Å². The maximum atomic E-state index is 11.8. The maximum Gasteiger partial charge on any atom is 0.373 e. The number of halogens is 2. The van der Waals surface area contributed by atoms with Gasteiger partial charge in [-0.2, -0.15) is 0 Å². The fourth-order valence-corrected chi connectivity index (χ4v) is 1.85. The van der Waals surface area contributed by atoms with Gasteiger partial charge < -0.3 is 9.84 Å². The molecule has 0 aliphatic heterocycles. The van der Waals surface area contributed by atoms with Gasteiger partial charge in [0.25, 0.3) is 0 Å². The predicted molar refractivity (Wildman–Crippen MR) is 73.1 cm³/mol. The van der Waals surface area contributed by atoms with Crippen LogP contribution in [0.2, 0.25) is 10.0 Å². The largest absolute Gasteiger partial charge is 0.502 e. The van der Waals surface area contributed by atoms with Crippen molar-refractivity contribution in [1.29, 1.82) is 0 Å². The summed E-state index contributed by atoms with van der Waals surface area (Å²) in [5.41, 5.74) is 0.135. The van der Waals surface area contributed by atoms with E-state index in [-0.39, 0.29) is 10.6 Å². The summed E-state index contributed by atoms with van der Waals surface area (Å²) in [5, 5.41) is 9.66. The van der Waals surface area contributed by atoms with Crippen molar-refractivity contribution in [2.45, 2.75) is 6.42 Å². The van der Waals surface area contributed by atoms with Crippen molar-refractivity contribution in [2.24, 2.45) is 0 Å². The number of ketones is 2. The monoisotopic (exact) mass is 316 g/mol. The van der Waals surface area contributed by atoms with E-state index in [1.807, 2.05) is 0 Å². The zero-order valence-electron chi connectivity index (χ0n) is 10.4. The number of methoxy groups -OCH3 is 1. The number of carbonyl (C=O) groups is 3. The first-order valence-electron chi connectivity index (χ1n) is 5.35. The molecule has 1 aromatic rings. The Morgan fingerprint density at radius 3 is 2.50 bits per heavy atom. The highest BCUT2D eigenvalue weighted by molar-refractivity contribution is 6.37. The summed E-state index contributed by atoms with van der Waals surface area (Å²) in [6.07, 6.45) is 0.0932. The third-order valence-electron chi connectivity index (χ3n) is 2.26. The van der Waals surface area contributed by atoms with Crippen LogP contribution in [0.15, 0.2) is 30.0 Å². The van der Waals surface area contributed by atoms with Crippen LogP contribution in [0.1, 0.15) is 16.8 Å². The van der Waals surface area contributed by atoms with Gasteiger partial charge in [0.05, 0.1) is 18.6 Å². The molecule has 0 unspecified atom stereocenters. The van der Waals surface area contributed by atoms with Gasteiger partial charge in [0.1, 0.15) is 0 Å². The number of rotatable bonds is 5. The molecule has 106 valence electrons. The Kier molecular flexibility index (Phi) is 5.73. The molecule has 0 atom stereocenters. The second kappa shape index (κ2) is 7.07. The van der Waals surface area contributed by atoms with Crippen LogP contribution in [-0.2, 0) is 14.3 Å². The average molecular weight is 317 g/mol. The van der Waals surface area contributed by atoms with Crippen LogP contribution >= 0.6 is 23.2 Å². The molecule has 0 bridgehead atoms. The molecule has 0 aliphatic rings. The van der Waals surface area contributed by atoms with Crippen molar-refractivity contribution in [3.8, 4) is 0 Å². The Hall–Kier alpha value is -1.85. The van der Waals surface area contributed by atoms with Gasteiger partial charge in [-0.1, -0.05) is 23.2 Å². The van der Waals surface area contributed by atoms with Crippen LogP contribution < -0.4 is 0 Å². The Bertz CT molecular complexity index is 592. The normalized spacial score (nSPS) is 11.1. The molecule has 0 spiro atoms. The molecule has 0 radical (unpaired) electrons. The number of esters is 1. The standard InChI is InChI=1S/C13H10Cl2O5/c1-20-13(19)12(18)6-8(16)5-11(17)9-3-2-7(14)4-10(9)15/h2-4,6,18H,5H2,1H3/b12-6-. The van der Waals surface area contributed by atoms with Gasteiger partial charge in [-0.3, -0.25) is 9.59 Å². The van der Waals surface area contributed by atoms with Crippen LogP contribution in [0.4, 0.5) is 0 Å². The first-order chi connectivity index (χ1) is 9.35. The smallest absolute Gasteiger partial charge is 0.373 e. The lowest BCUT2D eigenvalue weighted by atomic mass is 10.1. The van der Waals surface area contributed by atoms with Gasteiger partial charge >= 0.3 is 5.97 Å². The number of benzene rings is 1. The van der Waals surface area contributed by atoms with Crippen LogP contribution in [0.5, 0.6) is 0 Å². The van der Waals surface area contributed by atoms with E-state index in [9.17, 15) is 19.5 Å². The number of ether oxygens (including phenoxy) is 1. The molecule has 0 saturated heterocycles. The summed E-state index contributed by atoms with van der Waals surface area (Å²) in [5.74, 6) is -3.22. The van der Waals surface area contributed by atoms with E-state index in [4.69, 9.17) is 23.2 Å². The number of aliphatic hydroxyl groups excluding tert-OH is 1. The number of Topliss-reactive ketones (excluding diaryl/α,β-unsaturated/α-hetero) is 1. The molecule has 0 saturated carbocycles. The molecule has 0 amide bonds. The molecule has 20 heavy (non-hydrogen) atoms. The molecule has 1 rings (SSSR count). The molecule has 7 heteroatoms. The van der Waals surface area contributed by atoms with E-state index in [1.165, 1.54) is 18.2 Å². The minimum Gasteiger partial charge on any atom is -0.502 e. The van der Waals surface area contributed by atoms with Crippen molar-refractivity contribution in [1.82, 2.24) is 0 Å². The highest BCUT2D eigenvalue weighted by Gasteiger charge is 2.16. The van der Waals surface area contributed by atoms with Gasteiger partial charge in [0.15, 0.2) is 11.6 Å². The summed E-state index contributed by atoms with van der Waals surface area (Å²) < 4.78 is 4.20. The minimum absolute atomic E-state index is 0.122. The van der Waals surface area contributed by atoms with Gasteiger partial charge in [0, 0.05) is 16.7 Å². The summed E-state index contributed by atoms with van der Waals surface area (Å²) in [4.78, 5) is 34.2. The molecule has 0 aliphatic carbocycles. The molecule has 1 aromatic carbocycles. The van der Waals surface area contributed by atoms with Crippen molar-refractivity contribution in [3.63, 3.8) is 0 Å². The predicted octanol–water partition coefficient (Wildman–Crippen LogP) is 2.75. The van der Waals surface area contributed by atoms with Crippen LogP contribution in [-0.4, -0.2) is 29.8 Å². The number of carbonyl (C=O) groups excluding carboxylic acids is 3. The van der Waals surface area contributed by atoms with Gasteiger partial charge in [0.2, 0.25) is 5.76 Å². The highest BCUT2D eigenvalue weighted by Crippen LogP contribution is 2.22. The Morgan fingerprint density at radius 2 is 1.95 bits per heavy atom. The van der Waals surface area contributed by atoms with Crippen molar-refractivity contribution in [2.75, 3.05) is 7.11 Å². The lowest BCUT2D eigenvalue weighted by Gasteiger charge is -2.02. The van der Waals surface area contributed by atoms with E-state index in [1.54, 1.807) is 0 Å². The fraction of sp³-hybridized carbons (Fsp3) is 0.154. The van der Waals surface area contributed by atoms with E-state index in [0.29, 0.717) is 11.1 Å². The van der Waals surface area contributed by atoms with Crippen LogP contribution in [0.25, 0.3) is 0 Å². The first kappa shape index (κ1) is 16.2. The Labute approximate surface area is 124 Å². The van der Waals surface area contributed by atoms with Gasteiger partial charge in [-0.25, -0.2) is 4.79 Å². The number of allylic oxidation sites excluding steroid dienone is 1. The zero-order chi connectivity index (χ0) is 15.3. The zero-order valence-corrected chi connectivity index (χ0v) is 11.9. The Balaban J connectivity index is 2.81. The van der Waals surface area contributed by atoms with Crippen LogP contribution in [0, 0.1) is 0 Å². The third kappa shape index (κ3) is 4.36. The minimum atomic E-state index is -1.06. The van der Waals surface area contributed by atoms with Crippen molar-refractivity contribution < 1.29 is 24.2 Å². The molecule has 0 heterocycles. The van der Waals surface area contributed by atoms with Crippen molar-refractivity contribution in [3.05, 3.63) is 45.6 Å². The summed E-state index contributed by atoms with van der Waals surface area (Å²) in [6.45, 7) is 0. The summed E-state index contributed by atoms with van der Waals surface area (Å²) >= 11 is 11.5. The third-order valence-corrected chi connectivity index (χ3v) is 2.81. The SMILES string of the molecule is COC(=O)/C(O)=C/C(=O)CC(=O)c1ccc(Cl)cc1Cl. The number of aliphatic hydroxyl groups is 1. The fourth-order valence-electron chi connectivity index (χ4n) is 1.34. The molecular weight excluding hydrogens is 307 g/mol. The second-order valence-electron chi connectivity index (χ2n) is 3.71. The molecule has 0 aromatic heterocycles. The molecule has 1 N–H and O–H groups in total. The number of hydrogen-bond acceptors (Lipinski definition) is 5. The highest BCUT2D eigenvalue weighted by atomic mass is 35.5. The Morgan fingerprint density at radius 1 is 1.30 bits per heavy atom. The van der Waals surface area contributed by atoms with Gasteiger partial charge in [-0.05, 0) is 18.2 Å². The second-order valence-corrected chi connectivity index (χ2v) is 4.56. The van der Waals surface area contributed by atoms with Gasteiger partial charge in [-0.15, -0.1) is 0 Å².